The van der Waals surface area contributed by atoms with Gasteiger partial charge in [-0.25, -0.2) is 0 Å². The first kappa shape index (κ1) is 11.0. The third kappa shape index (κ3) is 3.63. The van der Waals surface area contributed by atoms with E-state index in [-0.39, 0.29) is 0 Å². The van der Waals surface area contributed by atoms with Crippen molar-refractivity contribution < 1.29 is 9.47 Å². The lowest BCUT2D eigenvalue weighted by Gasteiger charge is -2.25. The van der Waals surface area contributed by atoms with E-state index in [0.29, 0.717) is 6.04 Å². The predicted octanol–water partition coefficient (Wildman–Crippen LogP) is 1.38. The van der Waals surface area contributed by atoms with Crippen LogP contribution in [0.1, 0.15) is 27.2 Å². The van der Waals surface area contributed by atoms with Crippen molar-refractivity contribution in [2.45, 2.75) is 39.0 Å². The maximum Gasteiger partial charge on any atom is 0.162 e. The topological polar surface area (TPSA) is 30.5 Å². The Labute approximate surface area is 80.8 Å². The second-order valence-corrected chi connectivity index (χ2v) is 4.36. The van der Waals surface area contributed by atoms with Gasteiger partial charge < -0.3 is 14.8 Å². The van der Waals surface area contributed by atoms with Crippen LogP contribution in [-0.4, -0.2) is 32.1 Å². The van der Waals surface area contributed by atoms with Gasteiger partial charge in [0.1, 0.15) is 0 Å². The van der Waals surface area contributed by atoms with Crippen LogP contribution < -0.4 is 5.32 Å². The van der Waals surface area contributed by atoms with E-state index in [1.54, 1.807) is 7.11 Å². The molecule has 0 aromatic rings. The summed E-state index contributed by atoms with van der Waals surface area (Å²) in [6, 6.07) is 0.504. The standard InChI is InChI=1S/C10H21NO2/c1-8-5-9(11-6-8)7-13-10(2,3)12-4/h8-9,11H,5-7H2,1-4H3. The van der Waals surface area contributed by atoms with E-state index in [1.807, 2.05) is 13.8 Å². The summed E-state index contributed by atoms with van der Waals surface area (Å²) >= 11 is 0. The Morgan fingerprint density at radius 2 is 2.15 bits per heavy atom. The van der Waals surface area contributed by atoms with Crippen molar-refractivity contribution in [3.8, 4) is 0 Å². The molecule has 1 aliphatic rings. The van der Waals surface area contributed by atoms with E-state index < -0.39 is 5.79 Å². The van der Waals surface area contributed by atoms with E-state index in [9.17, 15) is 0 Å². The van der Waals surface area contributed by atoms with Gasteiger partial charge in [-0.05, 0) is 32.7 Å². The van der Waals surface area contributed by atoms with E-state index in [0.717, 1.165) is 19.1 Å². The molecule has 0 bridgehead atoms. The second-order valence-electron chi connectivity index (χ2n) is 4.36. The largest absolute Gasteiger partial charge is 0.354 e. The lowest BCUT2D eigenvalue weighted by Crippen LogP contribution is -2.34. The van der Waals surface area contributed by atoms with Gasteiger partial charge in [-0.3, -0.25) is 0 Å². The molecular weight excluding hydrogens is 166 g/mol. The van der Waals surface area contributed by atoms with Gasteiger partial charge in [0.15, 0.2) is 5.79 Å². The number of ether oxygens (including phenoxy) is 2. The van der Waals surface area contributed by atoms with Gasteiger partial charge >= 0.3 is 0 Å². The fraction of sp³-hybridized carbons (Fsp3) is 1.00. The Kier molecular flexibility index (Phi) is 3.71. The number of nitrogens with one attached hydrogen (secondary N) is 1. The molecule has 1 saturated heterocycles. The molecule has 2 atom stereocenters. The third-order valence-electron chi connectivity index (χ3n) is 2.57. The summed E-state index contributed by atoms with van der Waals surface area (Å²) in [7, 11) is 1.67. The quantitative estimate of drug-likeness (QED) is 0.675. The van der Waals surface area contributed by atoms with Gasteiger partial charge in [-0.15, -0.1) is 0 Å². The van der Waals surface area contributed by atoms with E-state index in [2.05, 4.69) is 12.2 Å². The highest BCUT2D eigenvalue weighted by Crippen LogP contribution is 2.16. The van der Waals surface area contributed by atoms with Crippen LogP contribution in [0.4, 0.5) is 0 Å². The molecule has 1 N–H and O–H groups in total. The molecule has 1 rings (SSSR count). The zero-order chi connectivity index (χ0) is 9.90. The summed E-state index contributed by atoms with van der Waals surface area (Å²) in [4.78, 5) is 0. The average molecular weight is 187 g/mol. The van der Waals surface area contributed by atoms with E-state index in [1.165, 1.54) is 6.42 Å². The molecule has 3 nitrogen and oxygen atoms in total. The normalized spacial score (nSPS) is 29.5. The summed E-state index contributed by atoms with van der Waals surface area (Å²) in [5.74, 6) is 0.326. The molecule has 0 aliphatic carbocycles. The summed E-state index contributed by atoms with van der Waals surface area (Å²) in [5.41, 5.74) is 0. The van der Waals surface area contributed by atoms with Crippen molar-refractivity contribution in [3.63, 3.8) is 0 Å². The fourth-order valence-corrected chi connectivity index (χ4v) is 1.51. The molecule has 0 aromatic carbocycles. The van der Waals surface area contributed by atoms with E-state index >= 15 is 0 Å². The minimum absolute atomic E-state index is 0.451. The van der Waals surface area contributed by atoms with Crippen LogP contribution >= 0.6 is 0 Å². The van der Waals surface area contributed by atoms with Crippen LogP contribution in [0.15, 0.2) is 0 Å². The molecule has 0 spiro atoms. The number of methoxy groups -OCH3 is 1. The molecule has 2 unspecified atom stereocenters. The molecule has 1 aliphatic heterocycles. The molecule has 1 heterocycles. The van der Waals surface area contributed by atoms with Crippen molar-refractivity contribution in [2.75, 3.05) is 20.3 Å². The van der Waals surface area contributed by atoms with E-state index in [4.69, 9.17) is 9.47 Å². The van der Waals surface area contributed by atoms with Crippen molar-refractivity contribution in [2.24, 2.45) is 5.92 Å². The van der Waals surface area contributed by atoms with Gasteiger partial charge in [0, 0.05) is 13.2 Å². The summed E-state index contributed by atoms with van der Waals surface area (Å²) < 4.78 is 10.8. The maximum atomic E-state index is 5.63. The first-order valence-corrected chi connectivity index (χ1v) is 4.96. The molecular formula is C10H21NO2. The molecule has 0 aromatic heterocycles. The second kappa shape index (κ2) is 4.40. The lowest BCUT2D eigenvalue weighted by atomic mass is 10.1. The van der Waals surface area contributed by atoms with Crippen molar-refractivity contribution in [1.29, 1.82) is 0 Å². The molecule has 0 saturated carbocycles. The summed E-state index contributed by atoms with van der Waals surface area (Å²) in [6.45, 7) is 7.98. The average Bonchev–Trinajstić information content (AvgIpc) is 2.48. The van der Waals surface area contributed by atoms with Crippen LogP contribution in [0, 0.1) is 5.92 Å². The van der Waals surface area contributed by atoms with Crippen LogP contribution in [0.2, 0.25) is 0 Å². The Morgan fingerprint density at radius 1 is 1.46 bits per heavy atom. The molecule has 0 amide bonds. The highest BCUT2D eigenvalue weighted by Gasteiger charge is 2.24. The highest BCUT2D eigenvalue weighted by atomic mass is 16.7. The SMILES string of the molecule is COC(C)(C)OCC1CC(C)CN1. The maximum absolute atomic E-state index is 5.63. The van der Waals surface area contributed by atoms with Crippen LogP contribution in [0.5, 0.6) is 0 Å². The van der Waals surface area contributed by atoms with Crippen LogP contribution in [0.25, 0.3) is 0 Å². The minimum Gasteiger partial charge on any atom is -0.354 e. The zero-order valence-electron chi connectivity index (χ0n) is 9.09. The fourth-order valence-electron chi connectivity index (χ4n) is 1.51. The molecule has 78 valence electrons. The van der Waals surface area contributed by atoms with Gasteiger partial charge in [-0.2, -0.15) is 0 Å². The smallest absolute Gasteiger partial charge is 0.162 e. The van der Waals surface area contributed by atoms with Crippen LogP contribution in [0.3, 0.4) is 0 Å². The van der Waals surface area contributed by atoms with Crippen molar-refractivity contribution >= 4 is 0 Å². The molecule has 13 heavy (non-hydrogen) atoms. The lowest BCUT2D eigenvalue weighted by molar-refractivity contribution is -0.199. The monoisotopic (exact) mass is 187 g/mol. The van der Waals surface area contributed by atoms with Crippen molar-refractivity contribution in [1.82, 2.24) is 5.32 Å². The Balaban J connectivity index is 2.19. The number of hydrogen-bond donors (Lipinski definition) is 1. The zero-order valence-corrected chi connectivity index (χ0v) is 9.09. The molecule has 1 fully saturated rings. The Morgan fingerprint density at radius 3 is 2.62 bits per heavy atom. The van der Waals surface area contributed by atoms with Crippen molar-refractivity contribution in [3.05, 3.63) is 0 Å². The van der Waals surface area contributed by atoms with Gasteiger partial charge in [0.2, 0.25) is 0 Å². The minimum atomic E-state index is -0.451. The Bertz CT molecular complexity index is 159. The van der Waals surface area contributed by atoms with Crippen LogP contribution in [-0.2, 0) is 9.47 Å². The third-order valence-corrected chi connectivity index (χ3v) is 2.57. The predicted molar refractivity (Wildman–Crippen MR) is 52.6 cm³/mol. The van der Waals surface area contributed by atoms with Gasteiger partial charge in [0.05, 0.1) is 6.61 Å². The number of hydrogen-bond acceptors (Lipinski definition) is 3. The first-order chi connectivity index (χ1) is 6.03. The number of rotatable bonds is 4. The van der Waals surface area contributed by atoms with Gasteiger partial charge in [0.25, 0.3) is 0 Å². The summed E-state index contributed by atoms with van der Waals surface area (Å²) in [6.07, 6.45) is 1.21. The molecule has 0 radical (unpaired) electrons. The molecule has 3 heteroatoms. The summed E-state index contributed by atoms with van der Waals surface area (Å²) in [5, 5.41) is 3.42. The highest BCUT2D eigenvalue weighted by molar-refractivity contribution is 4.79. The first-order valence-electron chi connectivity index (χ1n) is 4.96. The Hall–Kier alpha value is -0.120. The van der Waals surface area contributed by atoms with Gasteiger partial charge in [-0.1, -0.05) is 6.92 Å².